The highest BCUT2D eigenvalue weighted by molar-refractivity contribution is 9.10. The van der Waals surface area contributed by atoms with Gasteiger partial charge in [-0.25, -0.2) is 8.78 Å². The van der Waals surface area contributed by atoms with Gasteiger partial charge in [-0.15, -0.1) is 0 Å². The van der Waals surface area contributed by atoms with Gasteiger partial charge in [-0.05, 0) is 77.4 Å². The molecule has 0 aromatic heterocycles. The number of nitrogens with zero attached hydrogens (tertiary/aromatic N) is 1. The van der Waals surface area contributed by atoms with Crippen molar-refractivity contribution in [2.45, 2.75) is 20.0 Å². The molecular formula is C21H17BrF2N2O4S. The molecule has 1 fully saturated rings. The molecule has 0 aliphatic carbocycles. The molecule has 31 heavy (non-hydrogen) atoms. The number of nitrogens with one attached hydrogen (secondary N) is 1. The first kappa shape index (κ1) is 23.0. The van der Waals surface area contributed by atoms with Crippen LogP contribution in [0.5, 0.6) is 5.75 Å². The van der Waals surface area contributed by atoms with Crippen molar-refractivity contribution in [1.82, 2.24) is 4.90 Å². The summed E-state index contributed by atoms with van der Waals surface area (Å²) in [5, 5.41) is 1.60. The molecule has 1 aliphatic rings. The Morgan fingerprint density at radius 3 is 2.61 bits per heavy atom. The number of rotatable bonds is 6. The van der Waals surface area contributed by atoms with Crippen molar-refractivity contribution in [2.75, 3.05) is 11.9 Å². The molecule has 0 bridgehead atoms. The lowest BCUT2D eigenvalue weighted by Gasteiger charge is -2.13. The van der Waals surface area contributed by atoms with E-state index in [4.69, 9.17) is 4.74 Å². The van der Waals surface area contributed by atoms with Gasteiger partial charge in [0.2, 0.25) is 5.91 Å². The molecular weight excluding hydrogens is 494 g/mol. The van der Waals surface area contributed by atoms with Crippen molar-refractivity contribution in [1.29, 1.82) is 0 Å². The van der Waals surface area contributed by atoms with E-state index in [-0.39, 0.29) is 16.7 Å². The standard InChI is InChI=1S/C21H17BrF2N2O4S/c1-11(2)30-17-6-3-12(7-14(17)22)8-18-20(28)26(21(29)31-18)10-19(27)25-16-5-4-13(23)9-15(16)24/h3-9,11H,10H2,1-2H3,(H,25,27)/b18-8-. The highest BCUT2D eigenvalue weighted by Gasteiger charge is 2.36. The van der Waals surface area contributed by atoms with Crippen LogP contribution in [0.2, 0.25) is 0 Å². The maximum Gasteiger partial charge on any atom is 0.294 e. The smallest absolute Gasteiger partial charge is 0.294 e. The third kappa shape index (κ3) is 5.71. The third-order valence-electron chi connectivity index (χ3n) is 4.00. The summed E-state index contributed by atoms with van der Waals surface area (Å²) in [4.78, 5) is 37.9. The van der Waals surface area contributed by atoms with E-state index in [1.807, 2.05) is 13.8 Å². The fourth-order valence-electron chi connectivity index (χ4n) is 2.67. The second-order valence-corrected chi connectivity index (χ2v) is 8.64. The first-order chi connectivity index (χ1) is 14.6. The van der Waals surface area contributed by atoms with Crippen molar-refractivity contribution in [3.05, 3.63) is 63.0 Å². The van der Waals surface area contributed by atoms with Gasteiger partial charge in [0.25, 0.3) is 11.1 Å². The fourth-order valence-corrected chi connectivity index (χ4v) is 4.00. The summed E-state index contributed by atoms with van der Waals surface area (Å²) in [6.07, 6.45) is 1.53. The Kier molecular flexibility index (Phi) is 7.11. The van der Waals surface area contributed by atoms with E-state index in [2.05, 4.69) is 21.2 Å². The number of hydrogen-bond acceptors (Lipinski definition) is 5. The number of benzene rings is 2. The van der Waals surface area contributed by atoms with Crippen LogP contribution in [0.4, 0.5) is 19.3 Å². The Morgan fingerprint density at radius 2 is 1.97 bits per heavy atom. The quantitative estimate of drug-likeness (QED) is 0.541. The van der Waals surface area contributed by atoms with Gasteiger partial charge in [0.05, 0.1) is 21.2 Å². The second kappa shape index (κ2) is 9.61. The molecule has 0 saturated carbocycles. The van der Waals surface area contributed by atoms with Crippen LogP contribution in [0, 0.1) is 11.6 Å². The topological polar surface area (TPSA) is 75.7 Å². The van der Waals surface area contributed by atoms with Crippen LogP contribution >= 0.6 is 27.7 Å². The number of imide groups is 1. The summed E-state index contributed by atoms with van der Waals surface area (Å²) in [5.74, 6) is -2.53. The van der Waals surface area contributed by atoms with Crippen LogP contribution in [0.25, 0.3) is 6.08 Å². The van der Waals surface area contributed by atoms with E-state index in [1.165, 1.54) is 6.08 Å². The first-order valence-electron chi connectivity index (χ1n) is 9.10. The van der Waals surface area contributed by atoms with E-state index < -0.39 is 35.2 Å². The predicted octanol–water partition coefficient (Wildman–Crippen LogP) is 5.19. The van der Waals surface area contributed by atoms with E-state index in [0.717, 1.165) is 17.0 Å². The fraction of sp³-hybridized carbons (Fsp3) is 0.190. The minimum Gasteiger partial charge on any atom is -0.490 e. The molecule has 1 saturated heterocycles. The largest absolute Gasteiger partial charge is 0.490 e. The van der Waals surface area contributed by atoms with E-state index in [1.54, 1.807) is 18.2 Å². The molecule has 2 aromatic rings. The van der Waals surface area contributed by atoms with Crippen molar-refractivity contribution < 1.29 is 27.9 Å². The monoisotopic (exact) mass is 510 g/mol. The molecule has 10 heteroatoms. The minimum absolute atomic E-state index is 0.00631. The van der Waals surface area contributed by atoms with Crippen LogP contribution < -0.4 is 10.1 Å². The van der Waals surface area contributed by atoms with Crippen molar-refractivity contribution in [3.8, 4) is 5.75 Å². The molecule has 0 unspecified atom stereocenters. The van der Waals surface area contributed by atoms with Gasteiger partial charge in [0.15, 0.2) is 0 Å². The molecule has 3 rings (SSSR count). The third-order valence-corrected chi connectivity index (χ3v) is 5.52. The van der Waals surface area contributed by atoms with Gasteiger partial charge in [-0.3, -0.25) is 19.3 Å². The number of thioether (sulfide) groups is 1. The molecule has 1 N–H and O–H groups in total. The molecule has 3 amide bonds. The van der Waals surface area contributed by atoms with Crippen LogP contribution in [0.3, 0.4) is 0 Å². The van der Waals surface area contributed by atoms with Crippen molar-refractivity contribution in [2.24, 2.45) is 0 Å². The summed E-state index contributed by atoms with van der Waals surface area (Å²) < 4.78 is 33.0. The van der Waals surface area contributed by atoms with Crippen LogP contribution in [-0.2, 0) is 9.59 Å². The average molecular weight is 511 g/mol. The van der Waals surface area contributed by atoms with Gasteiger partial charge in [0.1, 0.15) is 23.9 Å². The predicted molar refractivity (Wildman–Crippen MR) is 118 cm³/mol. The SMILES string of the molecule is CC(C)Oc1ccc(/C=C2\SC(=O)N(CC(=O)Nc3ccc(F)cc3F)C2=O)cc1Br. The first-order valence-corrected chi connectivity index (χ1v) is 10.7. The molecule has 162 valence electrons. The number of halogens is 3. The lowest BCUT2D eigenvalue weighted by molar-refractivity contribution is -0.127. The Balaban J connectivity index is 1.70. The zero-order valence-corrected chi connectivity index (χ0v) is 18.9. The van der Waals surface area contributed by atoms with Gasteiger partial charge in [-0.1, -0.05) is 6.07 Å². The normalized spacial score (nSPS) is 15.2. The van der Waals surface area contributed by atoms with E-state index in [0.29, 0.717) is 33.6 Å². The van der Waals surface area contributed by atoms with Gasteiger partial charge < -0.3 is 10.1 Å². The summed E-state index contributed by atoms with van der Waals surface area (Å²) in [6.45, 7) is 3.21. The number of carbonyl (C=O) groups excluding carboxylic acids is 3. The van der Waals surface area contributed by atoms with E-state index >= 15 is 0 Å². The lowest BCUT2D eigenvalue weighted by atomic mass is 10.2. The molecule has 6 nitrogen and oxygen atoms in total. The van der Waals surface area contributed by atoms with E-state index in [9.17, 15) is 23.2 Å². The summed E-state index contributed by atoms with van der Waals surface area (Å²) in [7, 11) is 0. The Morgan fingerprint density at radius 1 is 1.23 bits per heavy atom. The van der Waals surface area contributed by atoms with Crippen LogP contribution in [-0.4, -0.2) is 34.6 Å². The van der Waals surface area contributed by atoms with Crippen LogP contribution in [0.15, 0.2) is 45.8 Å². The van der Waals surface area contributed by atoms with Crippen molar-refractivity contribution >= 4 is 56.5 Å². The van der Waals surface area contributed by atoms with Crippen LogP contribution in [0.1, 0.15) is 19.4 Å². The van der Waals surface area contributed by atoms with Crippen molar-refractivity contribution in [3.63, 3.8) is 0 Å². The molecule has 0 radical (unpaired) electrons. The summed E-state index contributed by atoms with van der Waals surface area (Å²) in [6, 6.07) is 7.88. The Hall–Kier alpha value is -2.72. The number of hydrogen-bond donors (Lipinski definition) is 1. The second-order valence-electron chi connectivity index (χ2n) is 6.80. The lowest BCUT2D eigenvalue weighted by Crippen LogP contribution is -2.36. The molecule has 2 aromatic carbocycles. The Labute approximate surface area is 189 Å². The maximum atomic E-state index is 13.7. The zero-order chi connectivity index (χ0) is 22.7. The van der Waals surface area contributed by atoms with Gasteiger partial charge in [0, 0.05) is 6.07 Å². The number of amides is 3. The Bertz CT molecular complexity index is 1090. The molecule has 1 heterocycles. The molecule has 1 aliphatic heterocycles. The highest BCUT2D eigenvalue weighted by atomic mass is 79.9. The highest BCUT2D eigenvalue weighted by Crippen LogP contribution is 2.34. The number of ether oxygens (including phenoxy) is 1. The average Bonchev–Trinajstić information content (AvgIpc) is 2.93. The molecule has 0 atom stereocenters. The summed E-state index contributed by atoms with van der Waals surface area (Å²) in [5.41, 5.74) is 0.411. The molecule has 0 spiro atoms. The zero-order valence-electron chi connectivity index (χ0n) is 16.4. The number of carbonyl (C=O) groups is 3. The van der Waals surface area contributed by atoms with Gasteiger partial charge >= 0.3 is 0 Å². The van der Waals surface area contributed by atoms with Gasteiger partial charge in [-0.2, -0.15) is 0 Å². The maximum absolute atomic E-state index is 13.7. The summed E-state index contributed by atoms with van der Waals surface area (Å²) >= 11 is 4.11. The minimum atomic E-state index is -0.960. The number of anilines is 1.